The second-order valence-electron chi connectivity index (χ2n) is 7.92. The summed E-state index contributed by atoms with van der Waals surface area (Å²) in [4.78, 5) is 25.5. The lowest BCUT2D eigenvalue weighted by Crippen LogP contribution is -2.16. The second-order valence-corrected chi connectivity index (χ2v) is 8.75. The SMILES string of the molecule is Cc1ccccc1NC(=O)c1c(S)n(-c2cccc(Cl)c2C)c2c3ccc(=O)cc-3ccn12. The van der Waals surface area contributed by atoms with E-state index in [4.69, 9.17) is 24.2 Å². The number of rotatable bonds is 3. The monoisotopic (exact) mass is 473 g/mol. The zero-order valence-electron chi connectivity index (χ0n) is 18.0. The number of hydrogen-bond acceptors (Lipinski definition) is 3. The summed E-state index contributed by atoms with van der Waals surface area (Å²) in [7, 11) is 0. The Hall–Kier alpha value is -3.48. The number of para-hydroxylation sites is 1. The highest BCUT2D eigenvalue weighted by Gasteiger charge is 2.25. The van der Waals surface area contributed by atoms with Crippen molar-refractivity contribution in [3.05, 3.63) is 105 Å². The van der Waals surface area contributed by atoms with Gasteiger partial charge in [0.25, 0.3) is 5.91 Å². The van der Waals surface area contributed by atoms with Crippen LogP contribution in [-0.4, -0.2) is 14.9 Å². The molecule has 1 aliphatic carbocycles. The highest BCUT2D eigenvalue weighted by molar-refractivity contribution is 7.80. The van der Waals surface area contributed by atoms with Gasteiger partial charge in [0.2, 0.25) is 0 Å². The topological polar surface area (TPSA) is 55.5 Å². The third-order valence-electron chi connectivity index (χ3n) is 5.86. The largest absolute Gasteiger partial charge is 0.320 e. The molecule has 2 heterocycles. The van der Waals surface area contributed by atoms with Gasteiger partial charge in [-0.05, 0) is 73.0 Å². The third kappa shape index (κ3) is 3.52. The van der Waals surface area contributed by atoms with Gasteiger partial charge >= 0.3 is 0 Å². The average Bonchev–Trinajstić information content (AvgIpc) is 3.09. The van der Waals surface area contributed by atoms with Gasteiger partial charge in [0.1, 0.15) is 16.4 Å². The number of aryl methyl sites for hydroxylation is 1. The molecule has 0 saturated carbocycles. The number of benzene rings is 3. The number of aromatic nitrogens is 2. The molecule has 1 N–H and O–H groups in total. The van der Waals surface area contributed by atoms with Crippen molar-refractivity contribution in [3.8, 4) is 16.8 Å². The summed E-state index contributed by atoms with van der Waals surface area (Å²) >= 11 is 11.3. The zero-order chi connectivity index (χ0) is 23.3. The quantitative estimate of drug-likeness (QED) is 0.315. The van der Waals surface area contributed by atoms with Crippen LogP contribution in [0, 0.1) is 13.8 Å². The molecule has 0 atom stereocenters. The van der Waals surface area contributed by atoms with Crippen molar-refractivity contribution in [1.29, 1.82) is 0 Å². The highest BCUT2D eigenvalue weighted by Crippen LogP contribution is 2.35. The van der Waals surface area contributed by atoms with Crippen molar-refractivity contribution >= 4 is 41.5 Å². The molecular weight excluding hydrogens is 454 g/mol. The maximum absolute atomic E-state index is 13.5. The first-order chi connectivity index (χ1) is 15.9. The van der Waals surface area contributed by atoms with E-state index in [-0.39, 0.29) is 11.3 Å². The molecule has 2 aromatic carbocycles. The Morgan fingerprint density at radius 1 is 1.00 bits per heavy atom. The minimum atomic E-state index is -0.289. The predicted octanol–water partition coefficient (Wildman–Crippen LogP) is 6.01. The molecule has 0 unspecified atom stereocenters. The number of amides is 1. The predicted molar refractivity (Wildman–Crippen MR) is 136 cm³/mol. The van der Waals surface area contributed by atoms with Crippen molar-refractivity contribution in [3.63, 3.8) is 0 Å². The van der Waals surface area contributed by atoms with E-state index < -0.39 is 0 Å². The highest BCUT2D eigenvalue weighted by atomic mass is 35.5. The maximum Gasteiger partial charge on any atom is 0.275 e. The first-order valence-electron chi connectivity index (χ1n) is 10.4. The van der Waals surface area contributed by atoms with Crippen LogP contribution in [0.15, 0.2) is 82.7 Å². The van der Waals surface area contributed by atoms with Gasteiger partial charge in [-0.25, -0.2) is 0 Å². The number of imidazole rings is 1. The van der Waals surface area contributed by atoms with Crippen molar-refractivity contribution < 1.29 is 4.79 Å². The molecule has 164 valence electrons. The summed E-state index contributed by atoms with van der Waals surface area (Å²) in [5.41, 5.74) is 5.97. The molecule has 5 nitrogen and oxygen atoms in total. The number of fused-ring (bicyclic) bond motifs is 3. The first kappa shape index (κ1) is 21.4. The van der Waals surface area contributed by atoms with Gasteiger partial charge in [0.15, 0.2) is 5.43 Å². The van der Waals surface area contributed by atoms with Crippen LogP contribution in [-0.2, 0) is 0 Å². The Bertz CT molecular complexity index is 1580. The molecule has 0 saturated heterocycles. The normalized spacial score (nSPS) is 11.3. The Kier molecular flexibility index (Phi) is 5.27. The fourth-order valence-corrected chi connectivity index (χ4v) is 4.71. The molecule has 1 aliphatic heterocycles. The third-order valence-corrected chi connectivity index (χ3v) is 6.68. The molecule has 5 rings (SSSR count). The summed E-state index contributed by atoms with van der Waals surface area (Å²) in [6.45, 7) is 3.87. The van der Waals surface area contributed by atoms with E-state index in [2.05, 4.69) is 5.32 Å². The average molecular weight is 474 g/mol. The molecule has 0 fully saturated rings. The van der Waals surface area contributed by atoms with Crippen LogP contribution in [0.5, 0.6) is 0 Å². The van der Waals surface area contributed by atoms with Gasteiger partial charge in [0, 0.05) is 22.5 Å². The number of nitrogens with one attached hydrogen (secondary N) is 1. The van der Waals surface area contributed by atoms with E-state index in [1.807, 2.05) is 71.3 Å². The summed E-state index contributed by atoms with van der Waals surface area (Å²) in [6.07, 6.45) is 1.79. The summed E-state index contributed by atoms with van der Waals surface area (Å²) in [5.74, 6) is -0.289. The van der Waals surface area contributed by atoms with E-state index in [9.17, 15) is 9.59 Å². The molecule has 0 bridgehead atoms. The fraction of sp³-hybridized carbons (Fsp3) is 0.0769. The Labute approximate surface area is 201 Å². The van der Waals surface area contributed by atoms with Crippen molar-refractivity contribution in [2.24, 2.45) is 0 Å². The number of thiol groups is 1. The lowest BCUT2D eigenvalue weighted by molar-refractivity contribution is 0.101. The maximum atomic E-state index is 13.5. The number of carbonyl (C=O) groups is 1. The molecule has 1 aromatic heterocycles. The van der Waals surface area contributed by atoms with Crippen LogP contribution in [0.1, 0.15) is 21.6 Å². The van der Waals surface area contributed by atoms with Gasteiger partial charge < -0.3 is 5.32 Å². The zero-order valence-corrected chi connectivity index (χ0v) is 19.6. The van der Waals surface area contributed by atoms with E-state index in [1.54, 1.807) is 18.3 Å². The molecule has 33 heavy (non-hydrogen) atoms. The van der Waals surface area contributed by atoms with Gasteiger partial charge in [-0.1, -0.05) is 35.9 Å². The van der Waals surface area contributed by atoms with Crippen LogP contribution in [0.2, 0.25) is 5.02 Å². The fourth-order valence-electron chi connectivity index (χ4n) is 4.13. The van der Waals surface area contributed by atoms with Crippen LogP contribution >= 0.6 is 24.2 Å². The van der Waals surface area contributed by atoms with Gasteiger partial charge in [0.05, 0.1) is 5.69 Å². The molecule has 2 aliphatic rings. The van der Waals surface area contributed by atoms with E-state index in [1.165, 1.54) is 6.07 Å². The molecule has 0 spiro atoms. The Morgan fingerprint density at radius 3 is 2.58 bits per heavy atom. The van der Waals surface area contributed by atoms with Gasteiger partial charge in [-0.3, -0.25) is 18.6 Å². The van der Waals surface area contributed by atoms with Crippen LogP contribution in [0.25, 0.3) is 22.5 Å². The Balaban J connectivity index is 1.83. The van der Waals surface area contributed by atoms with Gasteiger partial charge in [-0.2, -0.15) is 0 Å². The van der Waals surface area contributed by atoms with Crippen LogP contribution in [0.4, 0.5) is 5.69 Å². The molecule has 3 aromatic rings. The lowest BCUT2D eigenvalue weighted by atomic mass is 10.1. The Morgan fingerprint density at radius 2 is 1.79 bits per heavy atom. The van der Waals surface area contributed by atoms with E-state index in [0.717, 1.165) is 39.3 Å². The van der Waals surface area contributed by atoms with E-state index in [0.29, 0.717) is 15.7 Å². The smallest absolute Gasteiger partial charge is 0.275 e. The molecular formula is C26H20ClN3O2S. The minimum Gasteiger partial charge on any atom is -0.320 e. The number of nitrogens with zero attached hydrogens (tertiary/aromatic N) is 2. The number of anilines is 1. The summed E-state index contributed by atoms with van der Waals surface area (Å²) in [5, 5.41) is 4.08. The number of hydrogen-bond donors (Lipinski definition) is 2. The standard InChI is InChI=1S/C26H20ClN3O2S/c1-15-6-3-4-8-21(15)28-24(32)23-26(33)30(22-9-5-7-20(27)16(22)2)25-19-11-10-18(31)14-17(19)12-13-29(23)25/h3-14,33H,1-2H3,(H,28,32). The van der Waals surface area contributed by atoms with E-state index >= 15 is 0 Å². The van der Waals surface area contributed by atoms with Crippen LogP contribution < -0.4 is 10.7 Å². The number of halogens is 1. The van der Waals surface area contributed by atoms with Crippen molar-refractivity contribution in [1.82, 2.24) is 8.97 Å². The lowest BCUT2D eigenvalue weighted by Gasteiger charge is -2.14. The summed E-state index contributed by atoms with van der Waals surface area (Å²) in [6, 6.07) is 19.9. The first-order valence-corrected chi connectivity index (χ1v) is 11.2. The molecule has 0 radical (unpaired) electrons. The molecule has 7 heteroatoms. The second kappa shape index (κ2) is 8.14. The number of carbonyl (C=O) groups excluding carboxylic acids is 1. The van der Waals surface area contributed by atoms with Gasteiger partial charge in [-0.15, -0.1) is 12.6 Å². The van der Waals surface area contributed by atoms with Crippen molar-refractivity contribution in [2.45, 2.75) is 18.9 Å². The summed E-state index contributed by atoms with van der Waals surface area (Å²) < 4.78 is 3.72. The minimum absolute atomic E-state index is 0.0764. The molecule has 1 amide bonds. The number of pyridine rings is 1. The van der Waals surface area contributed by atoms with Crippen LogP contribution in [0.3, 0.4) is 0 Å². The van der Waals surface area contributed by atoms with Crippen molar-refractivity contribution in [2.75, 3.05) is 5.32 Å².